The van der Waals surface area contributed by atoms with Crippen LogP contribution in [0.4, 0.5) is 5.69 Å². The monoisotopic (exact) mass is 340 g/mol. The first-order valence-electron chi connectivity index (χ1n) is 8.38. The van der Waals surface area contributed by atoms with Crippen molar-refractivity contribution in [2.24, 2.45) is 0 Å². The molecule has 0 bridgehead atoms. The van der Waals surface area contributed by atoms with E-state index in [1.165, 1.54) is 0 Å². The van der Waals surface area contributed by atoms with Crippen molar-refractivity contribution in [3.8, 4) is 6.07 Å². The molecule has 2 N–H and O–H groups in total. The summed E-state index contributed by atoms with van der Waals surface area (Å²) in [7, 11) is 0. The number of nitrogens with zero attached hydrogens (tertiary/aromatic N) is 2. The highest BCUT2D eigenvalue weighted by Crippen LogP contribution is 2.25. The van der Waals surface area contributed by atoms with Crippen LogP contribution in [0.1, 0.15) is 17.7 Å². The van der Waals surface area contributed by atoms with Gasteiger partial charge in [-0.15, -0.1) is 0 Å². The van der Waals surface area contributed by atoms with E-state index in [4.69, 9.17) is 5.26 Å². The minimum absolute atomic E-state index is 0.0736. The van der Waals surface area contributed by atoms with Gasteiger partial charge >= 0.3 is 0 Å². The third-order valence-electron chi connectivity index (χ3n) is 4.35. The molecule has 0 atom stereocenters. The fraction of sp³-hybridized carbons (Fsp3) is 0.0952. The topological polar surface area (TPSA) is 81.6 Å². The van der Waals surface area contributed by atoms with E-state index in [1.54, 1.807) is 24.3 Å². The molecule has 0 aliphatic carbocycles. The average Bonchev–Trinajstić information content (AvgIpc) is 3.05. The van der Waals surface area contributed by atoms with E-state index in [2.05, 4.69) is 27.4 Å². The lowest BCUT2D eigenvalue weighted by molar-refractivity contribution is -0.116. The standard InChI is InChI=1S/C21H16N4O/c22-12-14-5-7-15(8-6-14)24-21(26)10-9-16-11-18-17-3-1-2-4-19(17)25-20(18)13-23-16/h1-8,11,13,25H,9-10H2,(H,24,26). The van der Waals surface area contributed by atoms with E-state index >= 15 is 0 Å². The Morgan fingerprint density at radius 1 is 1.08 bits per heavy atom. The average molecular weight is 340 g/mol. The molecule has 0 saturated heterocycles. The number of hydrogen-bond donors (Lipinski definition) is 2. The number of nitrogens with one attached hydrogen (secondary N) is 2. The van der Waals surface area contributed by atoms with Gasteiger partial charge in [0.15, 0.2) is 0 Å². The molecule has 0 spiro atoms. The lowest BCUT2D eigenvalue weighted by Gasteiger charge is -2.05. The smallest absolute Gasteiger partial charge is 0.224 e. The highest BCUT2D eigenvalue weighted by molar-refractivity contribution is 6.07. The number of aromatic nitrogens is 2. The van der Waals surface area contributed by atoms with Gasteiger partial charge in [0.05, 0.1) is 23.3 Å². The molecular weight excluding hydrogens is 324 g/mol. The van der Waals surface area contributed by atoms with E-state index in [9.17, 15) is 4.79 Å². The highest BCUT2D eigenvalue weighted by atomic mass is 16.1. The summed E-state index contributed by atoms with van der Waals surface area (Å²) in [5.74, 6) is -0.0736. The molecule has 2 aromatic heterocycles. The maximum absolute atomic E-state index is 12.2. The van der Waals surface area contributed by atoms with Crippen molar-refractivity contribution >= 4 is 33.4 Å². The first-order chi connectivity index (χ1) is 12.7. The van der Waals surface area contributed by atoms with Crippen LogP contribution in [0, 0.1) is 11.3 Å². The van der Waals surface area contributed by atoms with Crippen molar-refractivity contribution in [1.82, 2.24) is 9.97 Å². The fourth-order valence-electron chi connectivity index (χ4n) is 3.02. The van der Waals surface area contributed by atoms with Crippen LogP contribution < -0.4 is 5.32 Å². The van der Waals surface area contributed by atoms with Gasteiger partial charge in [0.1, 0.15) is 0 Å². The van der Waals surface area contributed by atoms with Crippen LogP contribution in [0.2, 0.25) is 0 Å². The summed E-state index contributed by atoms with van der Waals surface area (Å²) in [5, 5.41) is 13.9. The molecule has 4 aromatic rings. The molecule has 0 unspecified atom stereocenters. The number of rotatable bonds is 4. The van der Waals surface area contributed by atoms with Crippen LogP contribution in [-0.2, 0) is 11.2 Å². The number of benzene rings is 2. The van der Waals surface area contributed by atoms with Gasteiger partial charge in [-0.05, 0) is 42.8 Å². The highest BCUT2D eigenvalue weighted by Gasteiger charge is 2.08. The van der Waals surface area contributed by atoms with Gasteiger partial charge in [0.25, 0.3) is 0 Å². The molecule has 0 saturated carbocycles. The van der Waals surface area contributed by atoms with E-state index in [1.807, 2.05) is 30.5 Å². The molecule has 0 radical (unpaired) electrons. The van der Waals surface area contributed by atoms with Gasteiger partial charge < -0.3 is 10.3 Å². The number of aromatic amines is 1. The van der Waals surface area contributed by atoms with Crippen LogP contribution in [-0.4, -0.2) is 15.9 Å². The molecule has 26 heavy (non-hydrogen) atoms. The molecule has 2 aromatic carbocycles. The fourth-order valence-corrected chi connectivity index (χ4v) is 3.02. The molecule has 126 valence electrons. The zero-order valence-corrected chi connectivity index (χ0v) is 14.0. The Labute approximate surface area is 150 Å². The zero-order chi connectivity index (χ0) is 17.9. The number of para-hydroxylation sites is 1. The van der Waals surface area contributed by atoms with Gasteiger partial charge in [0, 0.05) is 34.1 Å². The molecule has 4 rings (SSSR count). The predicted octanol–water partition coefficient (Wildman–Crippen LogP) is 4.16. The van der Waals surface area contributed by atoms with Crippen molar-refractivity contribution < 1.29 is 4.79 Å². The molecule has 0 aliphatic rings. The summed E-state index contributed by atoms with van der Waals surface area (Å²) in [6, 6.07) is 19.1. The minimum atomic E-state index is -0.0736. The SMILES string of the molecule is N#Cc1ccc(NC(=O)CCc2cc3c(cn2)[nH]c2ccccc23)cc1. The molecule has 0 fully saturated rings. The number of hydrogen-bond acceptors (Lipinski definition) is 3. The predicted molar refractivity (Wildman–Crippen MR) is 102 cm³/mol. The van der Waals surface area contributed by atoms with Gasteiger partial charge in [-0.2, -0.15) is 5.26 Å². The number of H-pyrrole nitrogens is 1. The number of amides is 1. The van der Waals surface area contributed by atoms with Gasteiger partial charge in [0.2, 0.25) is 5.91 Å². The summed E-state index contributed by atoms with van der Waals surface area (Å²) in [6.07, 6.45) is 2.74. The third-order valence-corrected chi connectivity index (χ3v) is 4.35. The van der Waals surface area contributed by atoms with E-state index in [0.29, 0.717) is 24.1 Å². The number of aryl methyl sites for hydroxylation is 1. The largest absolute Gasteiger partial charge is 0.353 e. The Bertz CT molecular complexity index is 1140. The van der Waals surface area contributed by atoms with Crippen LogP contribution in [0.15, 0.2) is 60.8 Å². The summed E-state index contributed by atoms with van der Waals surface area (Å²) in [4.78, 5) is 20.0. The quantitative estimate of drug-likeness (QED) is 0.585. The lowest BCUT2D eigenvalue weighted by atomic mass is 10.1. The summed E-state index contributed by atoms with van der Waals surface area (Å²) < 4.78 is 0. The molecule has 2 heterocycles. The minimum Gasteiger partial charge on any atom is -0.353 e. The molecule has 1 amide bonds. The molecular formula is C21H16N4O. The third kappa shape index (κ3) is 3.13. The molecule has 0 aliphatic heterocycles. The van der Waals surface area contributed by atoms with Crippen molar-refractivity contribution in [2.45, 2.75) is 12.8 Å². The first-order valence-corrected chi connectivity index (χ1v) is 8.38. The Morgan fingerprint density at radius 2 is 1.88 bits per heavy atom. The second kappa shape index (κ2) is 6.69. The van der Waals surface area contributed by atoms with Crippen molar-refractivity contribution in [2.75, 3.05) is 5.32 Å². The normalized spacial score (nSPS) is 10.7. The van der Waals surface area contributed by atoms with Gasteiger partial charge in [-0.3, -0.25) is 9.78 Å². The second-order valence-electron chi connectivity index (χ2n) is 6.13. The van der Waals surface area contributed by atoms with Gasteiger partial charge in [-0.25, -0.2) is 0 Å². The maximum atomic E-state index is 12.2. The summed E-state index contributed by atoms with van der Waals surface area (Å²) in [6.45, 7) is 0. The summed E-state index contributed by atoms with van der Waals surface area (Å²) >= 11 is 0. The maximum Gasteiger partial charge on any atom is 0.224 e. The Kier molecular flexibility index (Phi) is 4.08. The lowest BCUT2D eigenvalue weighted by Crippen LogP contribution is -2.12. The second-order valence-corrected chi connectivity index (χ2v) is 6.13. The Morgan fingerprint density at radius 3 is 2.69 bits per heavy atom. The van der Waals surface area contributed by atoms with Crippen molar-refractivity contribution in [1.29, 1.82) is 5.26 Å². The zero-order valence-electron chi connectivity index (χ0n) is 14.0. The number of carbonyl (C=O) groups excluding carboxylic acids is 1. The number of nitriles is 1. The molecule has 5 nitrogen and oxygen atoms in total. The van der Waals surface area contributed by atoms with Crippen molar-refractivity contribution in [3.05, 3.63) is 72.1 Å². The van der Waals surface area contributed by atoms with E-state index < -0.39 is 0 Å². The number of fused-ring (bicyclic) bond motifs is 3. The van der Waals surface area contributed by atoms with E-state index in [-0.39, 0.29) is 5.91 Å². The van der Waals surface area contributed by atoms with E-state index in [0.717, 1.165) is 27.5 Å². The van der Waals surface area contributed by atoms with Crippen LogP contribution in [0.5, 0.6) is 0 Å². The number of carbonyl (C=O) groups is 1. The Balaban J connectivity index is 1.46. The van der Waals surface area contributed by atoms with Crippen LogP contribution in [0.25, 0.3) is 21.8 Å². The number of pyridine rings is 1. The van der Waals surface area contributed by atoms with Crippen LogP contribution >= 0.6 is 0 Å². The van der Waals surface area contributed by atoms with Crippen LogP contribution in [0.3, 0.4) is 0 Å². The van der Waals surface area contributed by atoms with Gasteiger partial charge in [-0.1, -0.05) is 18.2 Å². The molecule has 5 heteroatoms. The summed E-state index contributed by atoms with van der Waals surface area (Å²) in [5.41, 5.74) is 4.22. The first kappa shape index (κ1) is 15.9. The number of anilines is 1. The Hall–Kier alpha value is -3.65. The van der Waals surface area contributed by atoms with Crippen molar-refractivity contribution in [3.63, 3.8) is 0 Å².